The Morgan fingerprint density at radius 3 is 3.11 bits per heavy atom. The Hall–Kier alpha value is -0.910. The number of carbonyl (C=O) groups is 1. The van der Waals surface area contributed by atoms with Crippen molar-refractivity contribution in [2.75, 3.05) is 26.2 Å². The fourth-order valence-corrected chi connectivity index (χ4v) is 3.44. The zero-order valence-electron chi connectivity index (χ0n) is 11.4. The zero-order valence-corrected chi connectivity index (χ0v) is 12.2. The van der Waals surface area contributed by atoms with Crippen LogP contribution in [-0.4, -0.2) is 43.2 Å². The Labute approximate surface area is 118 Å². The summed E-state index contributed by atoms with van der Waals surface area (Å²) < 4.78 is 5.00. The van der Waals surface area contributed by atoms with Crippen molar-refractivity contribution in [1.29, 1.82) is 0 Å². The van der Waals surface area contributed by atoms with Crippen LogP contribution in [0, 0.1) is 5.92 Å². The van der Waals surface area contributed by atoms with Crippen molar-refractivity contribution in [3.63, 3.8) is 0 Å². The number of esters is 1. The van der Waals surface area contributed by atoms with Gasteiger partial charge in [-0.25, -0.2) is 0 Å². The van der Waals surface area contributed by atoms with E-state index in [0.717, 1.165) is 25.9 Å². The molecule has 0 amide bonds. The lowest BCUT2D eigenvalue weighted by Crippen LogP contribution is -2.49. The van der Waals surface area contributed by atoms with Crippen molar-refractivity contribution in [1.82, 2.24) is 4.90 Å². The summed E-state index contributed by atoms with van der Waals surface area (Å²) in [5.74, 6) is 0.388. The minimum absolute atomic E-state index is 0.147. The van der Waals surface area contributed by atoms with Crippen molar-refractivity contribution < 1.29 is 9.53 Å². The molecule has 0 aliphatic carbocycles. The third-order valence-corrected chi connectivity index (χ3v) is 4.14. The van der Waals surface area contributed by atoms with Crippen LogP contribution in [0.2, 0.25) is 0 Å². The van der Waals surface area contributed by atoms with Gasteiger partial charge in [-0.2, -0.15) is 11.3 Å². The van der Waals surface area contributed by atoms with Gasteiger partial charge in [0, 0.05) is 19.1 Å². The highest BCUT2D eigenvalue weighted by atomic mass is 32.1. The normalized spacial score (nSPS) is 24.3. The number of piperidine rings is 1. The third-order valence-electron chi connectivity index (χ3n) is 3.41. The van der Waals surface area contributed by atoms with E-state index in [1.165, 1.54) is 5.56 Å². The van der Waals surface area contributed by atoms with Crippen LogP contribution >= 0.6 is 11.3 Å². The molecule has 0 aromatic carbocycles. The van der Waals surface area contributed by atoms with Crippen molar-refractivity contribution in [3.8, 4) is 0 Å². The second kappa shape index (κ2) is 7.03. The molecule has 1 saturated heterocycles. The van der Waals surface area contributed by atoms with Crippen LogP contribution in [0.25, 0.3) is 0 Å². The van der Waals surface area contributed by atoms with Crippen LogP contribution in [0.15, 0.2) is 16.8 Å². The van der Waals surface area contributed by atoms with Crippen LogP contribution in [0.1, 0.15) is 18.9 Å². The maximum atomic E-state index is 11.5. The zero-order chi connectivity index (χ0) is 13.7. The van der Waals surface area contributed by atoms with Crippen LogP contribution in [0.3, 0.4) is 0 Å². The Bertz CT molecular complexity index is 394. The summed E-state index contributed by atoms with van der Waals surface area (Å²) >= 11 is 1.73. The second-order valence-electron chi connectivity index (χ2n) is 5.20. The lowest BCUT2D eigenvalue weighted by Gasteiger charge is -2.35. The highest BCUT2D eigenvalue weighted by Gasteiger charge is 2.26. The highest BCUT2D eigenvalue weighted by Crippen LogP contribution is 2.21. The van der Waals surface area contributed by atoms with Crippen molar-refractivity contribution in [2.24, 2.45) is 11.7 Å². The molecule has 0 spiro atoms. The topological polar surface area (TPSA) is 55.6 Å². The molecule has 2 rings (SSSR count). The fourth-order valence-electron chi connectivity index (χ4n) is 2.76. The van der Waals surface area contributed by atoms with Gasteiger partial charge >= 0.3 is 5.97 Å². The number of thiophene rings is 1. The smallest absolute Gasteiger partial charge is 0.320 e. The number of likely N-dealkylation sites (tertiary alicyclic amines) is 1. The number of ether oxygens (including phenoxy) is 1. The van der Waals surface area contributed by atoms with E-state index in [0.29, 0.717) is 19.1 Å². The summed E-state index contributed by atoms with van der Waals surface area (Å²) in [7, 11) is 0. The summed E-state index contributed by atoms with van der Waals surface area (Å²) in [5, 5.41) is 4.30. The number of carbonyl (C=O) groups excluding carboxylic acids is 1. The van der Waals surface area contributed by atoms with Crippen LogP contribution < -0.4 is 5.73 Å². The van der Waals surface area contributed by atoms with E-state index in [-0.39, 0.29) is 12.0 Å². The van der Waals surface area contributed by atoms with Gasteiger partial charge in [-0.1, -0.05) is 0 Å². The van der Waals surface area contributed by atoms with Gasteiger partial charge in [-0.05, 0) is 48.1 Å². The number of hydrogen-bond donors (Lipinski definition) is 1. The number of hydrogen-bond acceptors (Lipinski definition) is 5. The highest BCUT2D eigenvalue weighted by molar-refractivity contribution is 7.07. The molecule has 0 saturated carbocycles. The van der Waals surface area contributed by atoms with Gasteiger partial charge in [0.2, 0.25) is 0 Å². The molecule has 5 heteroatoms. The molecular weight excluding hydrogens is 260 g/mol. The quantitative estimate of drug-likeness (QED) is 0.832. The van der Waals surface area contributed by atoms with Crippen LogP contribution in [-0.2, 0) is 16.0 Å². The Morgan fingerprint density at radius 1 is 1.58 bits per heavy atom. The molecule has 2 N–H and O–H groups in total. The molecule has 2 unspecified atom stereocenters. The molecule has 1 aliphatic heterocycles. The van der Waals surface area contributed by atoms with Gasteiger partial charge in [0.15, 0.2) is 0 Å². The molecule has 19 heavy (non-hydrogen) atoms. The minimum Gasteiger partial charge on any atom is -0.465 e. The molecule has 1 fully saturated rings. The molecule has 106 valence electrons. The predicted octanol–water partition coefficient (Wildman–Crippen LogP) is 1.50. The summed E-state index contributed by atoms with van der Waals surface area (Å²) in [6.45, 7) is 4.36. The fraction of sp³-hybridized carbons (Fsp3) is 0.643. The molecule has 4 nitrogen and oxygen atoms in total. The van der Waals surface area contributed by atoms with E-state index < -0.39 is 0 Å². The van der Waals surface area contributed by atoms with Crippen molar-refractivity contribution in [2.45, 2.75) is 25.8 Å². The van der Waals surface area contributed by atoms with Crippen molar-refractivity contribution >= 4 is 17.3 Å². The van der Waals surface area contributed by atoms with Gasteiger partial charge in [0.1, 0.15) is 0 Å². The van der Waals surface area contributed by atoms with E-state index in [1.807, 2.05) is 6.92 Å². The number of nitrogens with zero attached hydrogens (tertiary/aromatic N) is 1. The lowest BCUT2D eigenvalue weighted by atomic mass is 9.90. The van der Waals surface area contributed by atoms with Gasteiger partial charge in [0.05, 0.1) is 13.2 Å². The van der Waals surface area contributed by atoms with E-state index in [4.69, 9.17) is 10.5 Å². The molecule has 0 radical (unpaired) electrons. The molecule has 1 aromatic heterocycles. The van der Waals surface area contributed by atoms with E-state index in [1.54, 1.807) is 11.3 Å². The second-order valence-corrected chi connectivity index (χ2v) is 5.98. The first-order valence-corrected chi connectivity index (χ1v) is 7.76. The minimum atomic E-state index is -0.147. The first kappa shape index (κ1) is 14.5. The monoisotopic (exact) mass is 282 g/mol. The maximum absolute atomic E-state index is 11.5. The van der Waals surface area contributed by atoms with Crippen LogP contribution in [0.4, 0.5) is 0 Å². The Kier molecular flexibility index (Phi) is 5.36. The Balaban J connectivity index is 1.86. The van der Waals surface area contributed by atoms with E-state index in [2.05, 4.69) is 21.7 Å². The molecular formula is C14H22N2O2S. The third kappa shape index (κ3) is 4.60. The lowest BCUT2D eigenvalue weighted by molar-refractivity contribution is -0.144. The summed E-state index contributed by atoms with van der Waals surface area (Å²) in [5.41, 5.74) is 7.48. The van der Waals surface area contributed by atoms with E-state index in [9.17, 15) is 4.79 Å². The molecule has 1 aromatic rings. The standard InChI is InChI=1S/C14H22N2O2S/c1-2-18-14(17)9-16-7-12(6-13(15)8-16)5-11-3-4-19-10-11/h3-4,10,12-13H,2,5-9,15H2,1H3. The first-order chi connectivity index (χ1) is 9.17. The average Bonchev–Trinajstić information content (AvgIpc) is 2.81. The molecule has 1 aliphatic rings. The average molecular weight is 282 g/mol. The van der Waals surface area contributed by atoms with Gasteiger partial charge < -0.3 is 10.5 Å². The summed E-state index contributed by atoms with van der Waals surface area (Å²) in [4.78, 5) is 13.7. The van der Waals surface area contributed by atoms with Crippen LogP contribution in [0.5, 0.6) is 0 Å². The van der Waals surface area contributed by atoms with Crippen molar-refractivity contribution in [3.05, 3.63) is 22.4 Å². The largest absolute Gasteiger partial charge is 0.465 e. The molecule has 2 heterocycles. The first-order valence-electron chi connectivity index (χ1n) is 6.82. The number of nitrogens with two attached hydrogens (primary N) is 1. The predicted molar refractivity (Wildman–Crippen MR) is 77.2 cm³/mol. The summed E-state index contributed by atoms with van der Waals surface area (Å²) in [6.07, 6.45) is 2.09. The molecule has 0 bridgehead atoms. The van der Waals surface area contributed by atoms with Gasteiger partial charge in [-0.15, -0.1) is 0 Å². The SMILES string of the molecule is CCOC(=O)CN1CC(N)CC(Cc2ccsc2)C1. The van der Waals surface area contributed by atoms with Gasteiger partial charge in [0.25, 0.3) is 0 Å². The summed E-state index contributed by atoms with van der Waals surface area (Å²) in [6, 6.07) is 2.33. The van der Waals surface area contributed by atoms with E-state index >= 15 is 0 Å². The number of rotatable bonds is 5. The maximum Gasteiger partial charge on any atom is 0.320 e. The Morgan fingerprint density at radius 2 is 2.42 bits per heavy atom. The van der Waals surface area contributed by atoms with Gasteiger partial charge in [-0.3, -0.25) is 9.69 Å². The molecule has 2 atom stereocenters.